The average Bonchev–Trinajstić information content (AvgIpc) is 3.23. The van der Waals surface area contributed by atoms with E-state index in [1.807, 2.05) is 35.4 Å². The highest BCUT2D eigenvalue weighted by molar-refractivity contribution is 7.98. The van der Waals surface area contributed by atoms with E-state index in [1.54, 1.807) is 23.1 Å². The number of carbonyl (C=O) groups is 1. The van der Waals surface area contributed by atoms with Crippen molar-refractivity contribution in [2.24, 2.45) is 0 Å². The molecule has 1 aromatic heterocycles. The van der Waals surface area contributed by atoms with Crippen molar-refractivity contribution in [3.63, 3.8) is 0 Å². The Bertz CT molecular complexity index is 1010. The van der Waals surface area contributed by atoms with Crippen molar-refractivity contribution in [1.82, 2.24) is 9.88 Å². The number of para-hydroxylation sites is 1. The van der Waals surface area contributed by atoms with Gasteiger partial charge in [0, 0.05) is 31.1 Å². The number of amides is 1. The molecule has 1 aliphatic rings. The van der Waals surface area contributed by atoms with Gasteiger partial charge in [-0.05, 0) is 36.4 Å². The van der Waals surface area contributed by atoms with Gasteiger partial charge in [-0.1, -0.05) is 42.5 Å². The first kappa shape index (κ1) is 21.3. The molecular weight excluding hydrogens is 414 g/mol. The molecule has 0 radical (unpaired) electrons. The van der Waals surface area contributed by atoms with Gasteiger partial charge in [0.1, 0.15) is 0 Å². The molecule has 0 aliphatic carbocycles. The summed E-state index contributed by atoms with van der Waals surface area (Å²) in [6, 6.07) is 14.1. The first-order chi connectivity index (χ1) is 14.7. The lowest BCUT2D eigenvalue weighted by molar-refractivity contribution is 0.0391. The molecule has 0 spiro atoms. The predicted molar refractivity (Wildman–Crippen MR) is 126 cm³/mol. The van der Waals surface area contributed by atoms with Gasteiger partial charge in [0.05, 0.1) is 29.0 Å². The Labute approximate surface area is 186 Å². The summed E-state index contributed by atoms with van der Waals surface area (Å²) in [6.45, 7) is 6.89. The minimum Gasteiger partial charge on any atom is -0.379 e. The van der Waals surface area contributed by atoms with Crippen LogP contribution in [0.25, 0.3) is 10.2 Å². The van der Waals surface area contributed by atoms with Gasteiger partial charge in [-0.3, -0.25) is 14.6 Å². The number of carbonyl (C=O) groups excluding carboxylic acids is 1. The molecule has 3 aromatic rings. The maximum atomic E-state index is 13.7. The van der Waals surface area contributed by atoms with E-state index in [2.05, 4.69) is 30.0 Å². The summed E-state index contributed by atoms with van der Waals surface area (Å²) in [5.41, 5.74) is 2.98. The summed E-state index contributed by atoms with van der Waals surface area (Å²) in [5.74, 6) is 0.0188. The third-order valence-electron chi connectivity index (χ3n) is 5.43. The van der Waals surface area contributed by atoms with Crippen LogP contribution in [0.4, 0.5) is 5.13 Å². The molecule has 0 saturated carbocycles. The van der Waals surface area contributed by atoms with E-state index in [9.17, 15) is 4.79 Å². The number of morpholine rings is 1. The number of anilines is 1. The van der Waals surface area contributed by atoms with Crippen LogP contribution in [-0.2, 0) is 11.2 Å². The van der Waals surface area contributed by atoms with Crippen molar-refractivity contribution in [2.45, 2.75) is 18.2 Å². The van der Waals surface area contributed by atoms with Crippen LogP contribution in [0.15, 0.2) is 47.4 Å². The zero-order valence-electron chi connectivity index (χ0n) is 17.5. The molecular formula is C23H27N3O2S2. The number of aromatic nitrogens is 1. The molecule has 0 N–H and O–H groups in total. The summed E-state index contributed by atoms with van der Waals surface area (Å²) >= 11 is 3.20. The molecule has 5 nitrogen and oxygen atoms in total. The van der Waals surface area contributed by atoms with E-state index in [1.165, 1.54) is 5.56 Å². The second-order valence-corrected chi connectivity index (χ2v) is 9.08. The second-order valence-electron chi connectivity index (χ2n) is 7.22. The van der Waals surface area contributed by atoms with Gasteiger partial charge in [0.25, 0.3) is 5.91 Å². The molecule has 1 fully saturated rings. The van der Waals surface area contributed by atoms with Crippen molar-refractivity contribution in [1.29, 1.82) is 0 Å². The highest BCUT2D eigenvalue weighted by Crippen LogP contribution is 2.33. The van der Waals surface area contributed by atoms with E-state index in [-0.39, 0.29) is 5.91 Å². The summed E-state index contributed by atoms with van der Waals surface area (Å²) in [6.07, 6.45) is 2.94. The van der Waals surface area contributed by atoms with Crippen LogP contribution in [0, 0.1) is 0 Å². The fourth-order valence-corrected chi connectivity index (χ4v) is 5.34. The van der Waals surface area contributed by atoms with Crippen molar-refractivity contribution in [3.8, 4) is 0 Å². The molecule has 1 amide bonds. The maximum Gasteiger partial charge on any atom is 0.261 e. The lowest BCUT2D eigenvalue weighted by Crippen LogP contribution is -2.43. The zero-order chi connectivity index (χ0) is 20.9. The monoisotopic (exact) mass is 441 g/mol. The van der Waals surface area contributed by atoms with Crippen LogP contribution in [0.5, 0.6) is 0 Å². The number of rotatable bonds is 7. The molecule has 2 heterocycles. The van der Waals surface area contributed by atoms with Crippen LogP contribution >= 0.6 is 23.1 Å². The third-order valence-corrected chi connectivity index (χ3v) is 7.27. The number of aryl methyl sites for hydroxylation is 1. The molecule has 1 saturated heterocycles. The van der Waals surface area contributed by atoms with Gasteiger partial charge in [0.15, 0.2) is 5.13 Å². The quantitative estimate of drug-likeness (QED) is 0.503. The number of hydrogen-bond donors (Lipinski definition) is 0. The Hall–Kier alpha value is -1.93. The Balaban J connectivity index is 1.68. The number of thiazole rings is 1. The molecule has 30 heavy (non-hydrogen) atoms. The second kappa shape index (κ2) is 9.92. The fraction of sp³-hybridized carbons (Fsp3) is 0.391. The topological polar surface area (TPSA) is 45.7 Å². The third kappa shape index (κ3) is 4.54. The standard InChI is InChI=1S/C23H27N3O2S2/c1-3-17-7-6-10-20-21(17)24-23(30-20)26(12-11-25-13-15-28-16-14-25)22(27)18-8-4-5-9-19(18)29-2/h4-10H,3,11-16H2,1-2H3. The number of benzene rings is 2. The number of hydrogen-bond acceptors (Lipinski definition) is 6. The SMILES string of the molecule is CCc1cccc2sc(N(CCN3CCOCC3)C(=O)c3ccccc3SC)nc12. The molecule has 0 bridgehead atoms. The van der Waals surface area contributed by atoms with Crippen molar-refractivity contribution >= 4 is 44.4 Å². The molecule has 0 atom stereocenters. The van der Waals surface area contributed by atoms with Crippen LogP contribution in [-0.4, -0.2) is 61.4 Å². The fourth-order valence-electron chi connectivity index (χ4n) is 3.71. The Morgan fingerprint density at radius 3 is 2.77 bits per heavy atom. The highest BCUT2D eigenvalue weighted by atomic mass is 32.2. The molecule has 7 heteroatoms. The molecule has 0 unspecified atom stereocenters. The smallest absolute Gasteiger partial charge is 0.261 e. The van der Waals surface area contributed by atoms with Gasteiger partial charge >= 0.3 is 0 Å². The number of thioether (sulfide) groups is 1. The van der Waals surface area contributed by atoms with E-state index >= 15 is 0 Å². The van der Waals surface area contributed by atoms with Crippen molar-refractivity contribution < 1.29 is 9.53 Å². The van der Waals surface area contributed by atoms with Crippen LogP contribution in [0.1, 0.15) is 22.8 Å². The lowest BCUT2D eigenvalue weighted by Gasteiger charge is -2.29. The molecule has 2 aromatic carbocycles. The normalized spacial score (nSPS) is 14.9. The van der Waals surface area contributed by atoms with E-state index in [0.29, 0.717) is 6.54 Å². The molecule has 1 aliphatic heterocycles. The summed E-state index contributed by atoms with van der Waals surface area (Å²) < 4.78 is 6.60. The number of nitrogens with zero attached hydrogens (tertiary/aromatic N) is 3. The minimum absolute atomic E-state index is 0.0188. The molecule has 4 rings (SSSR count). The van der Waals surface area contributed by atoms with Gasteiger partial charge < -0.3 is 4.74 Å². The largest absolute Gasteiger partial charge is 0.379 e. The van der Waals surface area contributed by atoms with Crippen LogP contribution in [0.3, 0.4) is 0 Å². The summed E-state index contributed by atoms with van der Waals surface area (Å²) in [7, 11) is 0. The average molecular weight is 442 g/mol. The Morgan fingerprint density at radius 2 is 2.00 bits per heavy atom. The minimum atomic E-state index is 0.0188. The maximum absolute atomic E-state index is 13.7. The van der Waals surface area contributed by atoms with Gasteiger partial charge in [-0.25, -0.2) is 4.98 Å². The molecule has 158 valence electrons. The number of ether oxygens (including phenoxy) is 1. The zero-order valence-corrected chi connectivity index (χ0v) is 19.1. The van der Waals surface area contributed by atoms with Gasteiger partial charge in [0.2, 0.25) is 0 Å². The van der Waals surface area contributed by atoms with E-state index in [0.717, 1.165) is 65.1 Å². The Morgan fingerprint density at radius 1 is 1.20 bits per heavy atom. The van der Waals surface area contributed by atoms with Crippen LogP contribution < -0.4 is 4.90 Å². The first-order valence-electron chi connectivity index (χ1n) is 10.3. The lowest BCUT2D eigenvalue weighted by atomic mass is 10.1. The van der Waals surface area contributed by atoms with E-state index in [4.69, 9.17) is 9.72 Å². The van der Waals surface area contributed by atoms with Crippen LogP contribution in [0.2, 0.25) is 0 Å². The summed E-state index contributed by atoms with van der Waals surface area (Å²) in [5, 5.41) is 0.778. The van der Waals surface area contributed by atoms with Gasteiger partial charge in [-0.2, -0.15) is 0 Å². The van der Waals surface area contributed by atoms with Crippen molar-refractivity contribution in [3.05, 3.63) is 53.6 Å². The number of fused-ring (bicyclic) bond motifs is 1. The van der Waals surface area contributed by atoms with Crippen molar-refractivity contribution in [2.75, 3.05) is 50.5 Å². The summed E-state index contributed by atoms with van der Waals surface area (Å²) in [4.78, 5) is 23.8. The Kier molecular flexibility index (Phi) is 7.04. The first-order valence-corrected chi connectivity index (χ1v) is 12.4. The predicted octanol–water partition coefficient (Wildman–Crippen LogP) is 4.56. The van der Waals surface area contributed by atoms with E-state index < -0.39 is 0 Å². The highest BCUT2D eigenvalue weighted by Gasteiger charge is 2.24. The van der Waals surface area contributed by atoms with Gasteiger partial charge in [-0.15, -0.1) is 11.8 Å².